The molecule has 0 aromatic heterocycles. The van der Waals surface area contributed by atoms with Gasteiger partial charge in [-0.15, -0.1) is 0 Å². The maximum Gasteiger partial charge on any atom is 0.245 e. The van der Waals surface area contributed by atoms with Gasteiger partial charge in [-0.1, -0.05) is 0 Å². The molecule has 0 spiro atoms. The Balaban J connectivity index is 2.71. The Hall–Kier alpha value is -1.45. The standard InChI is InChI=1S/C10H10F2O2/c1-14-8-4-2-7(3-5-8)9(13)6-10(11)12/h2-5,10H,6H2,1H3. The van der Waals surface area contributed by atoms with Gasteiger partial charge in [0.05, 0.1) is 13.5 Å². The number of benzene rings is 1. The molecule has 76 valence electrons. The fraction of sp³-hybridized carbons (Fsp3) is 0.300. The highest BCUT2D eigenvalue weighted by Gasteiger charge is 2.12. The van der Waals surface area contributed by atoms with Crippen LogP contribution in [0.1, 0.15) is 16.8 Å². The number of carbonyl (C=O) groups is 1. The number of hydrogen-bond acceptors (Lipinski definition) is 2. The van der Waals surface area contributed by atoms with E-state index < -0.39 is 18.6 Å². The smallest absolute Gasteiger partial charge is 0.245 e. The van der Waals surface area contributed by atoms with Gasteiger partial charge in [-0.25, -0.2) is 8.78 Å². The summed E-state index contributed by atoms with van der Waals surface area (Å²) in [5.74, 6) is 0.0428. The molecule has 1 aromatic rings. The Bertz CT molecular complexity index is 306. The van der Waals surface area contributed by atoms with Crippen LogP contribution in [0.3, 0.4) is 0 Å². The molecule has 2 nitrogen and oxygen atoms in total. The largest absolute Gasteiger partial charge is 0.497 e. The van der Waals surface area contributed by atoms with E-state index in [-0.39, 0.29) is 5.56 Å². The molecule has 0 saturated heterocycles. The summed E-state index contributed by atoms with van der Waals surface area (Å²) in [5, 5.41) is 0. The van der Waals surface area contributed by atoms with Crippen molar-refractivity contribution in [2.45, 2.75) is 12.8 Å². The van der Waals surface area contributed by atoms with Crippen molar-refractivity contribution in [1.82, 2.24) is 0 Å². The molecule has 14 heavy (non-hydrogen) atoms. The molecule has 0 atom stereocenters. The average Bonchev–Trinajstić information content (AvgIpc) is 2.17. The van der Waals surface area contributed by atoms with Crippen LogP contribution in [0.15, 0.2) is 24.3 Å². The third kappa shape index (κ3) is 2.80. The van der Waals surface area contributed by atoms with Crippen LogP contribution < -0.4 is 4.74 Å². The summed E-state index contributed by atoms with van der Waals surface area (Å²) >= 11 is 0. The van der Waals surface area contributed by atoms with E-state index in [9.17, 15) is 13.6 Å². The van der Waals surface area contributed by atoms with Crippen molar-refractivity contribution in [3.05, 3.63) is 29.8 Å². The van der Waals surface area contributed by atoms with Gasteiger partial charge in [0.2, 0.25) is 6.43 Å². The number of hydrogen-bond donors (Lipinski definition) is 0. The highest BCUT2D eigenvalue weighted by atomic mass is 19.3. The minimum Gasteiger partial charge on any atom is -0.497 e. The van der Waals surface area contributed by atoms with Gasteiger partial charge in [0.1, 0.15) is 5.75 Å². The van der Waals surface area contributed by atoms with Crippen LogP contribution in [-0.2, 0) is 0 Å². The molecule has 0 heterocycles. The maximum absolute atomic E-state index is 11.9. The molecule has 0 amide bonds. The van der Waals surface area contributed by atoms with Crippen LogP contribution in [0.4, 0.5) is 8.78 Å². The van der Waals surface area contributed by atoms with Crippen LogP contribution in [0.2, 0.25) is 0 Å². The molecule has 1 rings (SSSR count). The zero-order valence-electron chi connectivity index (χ0n) is 7.67. The highest BCUT2D eigenvalue weighted by Crippen LogP contribution is 2.14. The van der Waals surface area contributed by atoms with Gasteiger partial charge in [0.25, 0.3) is 0 Å². The van der Waals surface area contributed by atoms with E-state index >= 15 is 0 Å². The van der Waals surface area contributed by atoms with E-state index in [1.54, 1.807) is 12.1 Å². The third-order valence-electron chi connectivity index (χ3n) is 1.75. The lowest BCUT2D eigenvalue weighted by molar-refractivity contribution is 0.0829. The summed E-state index contributed by atoms with van der Waals surface area (Å²) in [6.45, 7) is 0. The lowest BCUT2D eigenvalue weighted by atomic mass is 10.1. The molecular formula is C10H10F2O2. The Morgan fingerprint density at radius 2 is 1.93 bits per heavy atom. The number of halogens is 2. The fourth-order valence-corrected chi connectivity index (χ4v) is 1.03. The Morgan fingerprint density at radius 3 is 2.36 bits per heavy atom. The van der Waals surface area contributed by atoms with E-state index in [4.69, 9.17) is 4.74 Å². The zero-order chi connectivity index (χ0) is 10.6. The minimum absolute atomic E-state index is 0.283. The summed E-state index contributed by atoms with van der Waals surface area (Å²) in [6.07, 6.45) is -3.32. The second-order valence-electron chi connectivity index (χ2n) is 2.75. The summed E-state index contributed by atoms with van der Waals surface area (Å²) in [5.41, 5.74) is 0.283. The number of methoxy groups -OCH3 is 1. The second kappa shape index (κ2) is 4.69. The molecule has 0 N–H and O–H groups in total. The summed E-state index contributed by atoms with van der Waals surface area (Å²) in [4.78, 5) is 11.1. The molecule has 4 heteroatoms. The highest BCUT2D eigenvalue weighted by molar-refractivity contribution is 5.96. The van der Waals surface area contributed by atoms with Crippen molar-refractivity contribution in [3.63, 3.8) is 0 Å². The van der Waals surface area contributed by atoms with Crippen LogP contribution in [-0.4, -0.2) is 19.3 Å². The summed E-state index contributed by atoms with van der Waals surface area (Å²) < 4.78 is 28.6. The molecule has 1 aromatic carbocycles. The molecule has 0 saturated carbocycles. The van der Waals surface area contributed by atoms with Gasteiger partial charge in [-0.3, -0.25) is 4.79 Å². The van der Waals surface area contributed by atoms with E-state index in [1.165, 1.54) is 19.2 Å². The quantitative estimate of drug-likeness (QED) is 0.698. The number of carbonyl (C=O) groups excluding carboxylic acids is 1. The second-order valence-corrected chi connectivity index (χ2v) is 2.75. The SMILES string of the molecule is COc1ccc(C(=O)CC(F)F)cc1. The van der Waals surface area contributed by atoms with Gasteiger partial charge in [-0.05, 0) is 24.3 Å². The number of ether oxygens (including phenoxy) is 1. The van der Waals surface area contributed by atoms with Crippen LogP contribution in [0, 0.1) is 0 Å². The number of alkyl halides is 2. The van der Waals surface area contributed by atoms with Gasteiger partial charge >= 0.3 is 0 Å². The molecule has 0 bridgehead atoms. The van der Waals surface area contributed by atoms with E-state index in [0.717, 1.165) is 0 Å². The van der Waals surface area contributed by atoms with Crippen molar-refractivity contribution in [1.29, 1.82) is 0 Å². The first-order valence-corrected chi connectivity index (χ1v) is 4.09. The topological polar surface area (TPSA) is 26.3 Å². The average molecular weight is 200 g/mol. The zero-order valence-corrected chi connectivity index (χ0v) is 7.67. The van der Waals surface area contributed by atoms with E-state index in [0.29, 0.717) is 5.75 Å². The van der Waals surface area contributed by atoms with Crippen molar-refractivity contribution in [2.24, 2.45) is 0 Å². The molecule has 0 fully saturated rings. The molecule has 0 aliphatic rings. The van der Waals surface area contributed by atoms with Gasteiger partial charge in [0.15, 0.2) is 5.78 Å². The first kappa shape index (κ1) is 10.6. The van der Waals surface area contributed by atoms with Gasteiger partial charge in [-0.2, -0.15) is 0 Å². The number of ketones is 1. The number of Topliss-reactive ketones (excluding diaryl/α,β-unsaturated/α-hetero) is 1. The predicted molar refractivity (Wildman–Crippen MR) is 47.9 cm³/mol. The van der Waals surface area contributed by atoms with Gasteiger partial charge < -0.3 is 4.74 Å². The first-order chi connectivity index (χ1) is 6.63. The minimum atomic E-state index is -2.59. The molecule has 0 aliphatic carbocycles. The van der Waals surface area contributed by atoms with E-state index in [1.807, 2.05) is 0 Å². The first-order valence-electron chi connectivity index (χ1n) is 4.09. The predicted octanol–water partition coefficient (Wildman–Crippen LogP) is 2.53. The molecule has 0 unspecified atom stereocenters. The molecule has 0 aliphatic heterocycles. The maximum atomic E-state index is 11.9. The Labute approximate surface area is 80.5 Å². The molecular weight excluding hydrogens is 190 g/mol. The monoisotopic (exact) mass is 200 g/mol. The number of rotatable bonds is 4. The normalized spacial score (nSPS) is 10.3. The Morgan fingerprint density at radius 1 is 1.36 bits per heavy atom. The van der Waals surface area contributed by atoms with Crippen molar-refractivity contribution in [3.8, 4) is 5.75 Å². The van der Waals surface area contributed by atoms with Crippen LogP contribution in [0.5, 0.6) is 5.75 Å². The lowest BCUT2D eigenvalue weighted by Crippen LogP contribution is -2.04. The van der Waals surface area contributed by atoms with Crippen molar-refractivity contribution < 1.29 is 18.3 Å². The molecule has 0 radical (unpaired) electrons. The van der Waals surface area contributed by atoms with Gasteiger partial charge in [0, 0.05) is 5.56 Å². The van der Waals surface area contributed by atoms with Crippen molar-refractivity contribution in [2.75, 3.05) is 7.11 Å². The Kier molecular flexibility index (Phi) is 3.56. The summed E-state index contributed by atoms with van der Waals surface area (Å²) in [6, 6.07) is 6.09. The summed E-state index contributed by atoms with van der Waals surface area (Å²) in [7, 11) is 1.50. The van der Waals surface area contributed by atoms with E-state index in [2.05, 4.69) is 0 Å². The van der Waals surface area contributed by atoms with Crippen LogP contribution >= 0.6 is 0 Å². The third-order valence-corrected chi connectivity index (χ3v) is 1.75. The van der Waals surface area contributed by atoms with Crippen LogP contribution in [0.25, 0.3) is 0 Å². The lowest BCUT2D eigenvalue weighted by Gasteiger charge is -2.02. The van der Waals surface area contributed by atoms with Crippen molar-refractivity contribution >= 4 is 5.78 Å². The fourth-order valence-electron chi connectivity index (χ4n) is 1.03.